The quantitative estimate of drug-likeness (QED) is 0.523. The second kappa shape index (κ2) is 9.86. The summed E-state index contributed by atoms with van der Waals surface area (Å²) < 4.78 is 4.87. The second-order valence-electron chi connectivity index (χ2n) is 7.16. The van der Waals surface area contributed by atoms with Crippen molar-refractivity contribution in [3.63, 3.8) is 0 Å². The number of aromatic nitrogens is 3. The largest absolute Gasteiger partial charge is 0.465 e. The zero-order chi connectivity index (χ0) is 22.3. The molecular weight excluding hydrogens is 408 g/mol. The van der Waals surface area contributed by atoms with Gasteiger partial charge in [-0.1, -0.05) is 18.2 Å². The molecule has 9 heteroatoms. The third-order valence-electron chi connectivity index (χ3n) is 5.06. The van der Waals surface area contributed by atoms with Gasteiger partial charge >= 0.3 is 5.97 Å². The second-order valence-corrected chi connectivity index (χ2v) is 7.16. The zero-order valence-electron chi connectivity index (χ0n) is 17.7. The highest BCUT2D eigenvalue weighted by Crippen LogP contribution is 2.33. The van der Waals surface area contributed by atoms with E-state index in [1.54, 1.807) is 19.3 Å². The third kappa shape index (κ3) is 4.83. The first kappa shape index (κ1) is 21.2. The maximum atomic E-state index is 12.8. The van der Waals surface area contributed by atoms with E-state index in [0.717, 1.165) is 24.2 Å². The van der Waals surface area contributed by atoms with Gasteiger partial charge in [0.2, 0.25) is 5.95 Å². The van der Waals surface area contributed by atoms with Gasteiger partial charge in [-0.05, 0) is 42.7 Å². The molecule has 4 rings (SSSR count). The Morgan fingerprint density at radius 1 is 1.16 bits per heavy atom. The van der Waals surface area contributed by atoms with E-state index in [0.29, 0.717) is 18.3 Å². The van der Waals surface area contributed by atoms with Crippen LogP contribution < -0.4 is 15.5 Å². The van der Waals surface area contributed by atoms with E-state index in [2.05, 4.69) is 31.7 Å². The zero-order valence-corrected chi connectivity index (χ0v) is 17.7. The molecule has 0 spiro atoms. The van der Waals surface area contributed by atoms with Crippen LogP contribution in [0.15, 0.2) is 55.0 Å². The first-order valence-electron chi connectivity index (χ1n) is 10.4. The van der Waals surface area contributed by atoms with Gasteiger partial charge in [-0.15, -0.1) is 0 Å². The van der Waals surface area contributed by atoms with Crippen molar-refractivity contribution in [1.29, 1.82) is 0 Å². The van der Waals surface area contributed by atoms with Crippen LogP contribution in [0.5, 0.6) is 0 Å². The highest BCUT2D eigenvalue weighted by molar-refractivity contribution is 6.00. The Morgan fingerprint density at radius 2 is 1.97 bits per heavy atom. The van der Waals surface area contributed by atoms with Gasteiger partial charge in [-0.2, -0.15) is 4.98 Å². The molecule has 1 aliphatic heterocycles. The van der Waals surface area contributed by atoms with Gasteiger partial charge < -0.3 is 20.3 Å². The van der Waals surface area contributed by atoms with Crippen LogP contribution in [0.1, 0.15) is 28.4 Å². The van der Waals surface area contributed by atoms with Crippen LogP contribution in [0.2, 0.25) is 0 Å². The van der Waals surface area contributed by atoms with Crippen molar-refractivity contribution in [2.45, 2.75) is 19.9 Å². The highest BCUT2D eigenvalue weighted by atomic mass is 16.5. The van der Waals surface area contributed by atoms with Gasteiger partial charge in [0.05, 0.1) is 6.61 Å². The normalized spacial score (nSPS) is 12.2. The molecule has 0 saturated carbocycles. The first-order valence-corrected chi connectivity index (χ1v) is 10.4. The molecule has 164 valence electrons. The van der Waals surface area contributed by atoms with Crippen LogP contribution in [0.4, 0.5) is 17.5 Å². The number of anilines is 3. The molecule has 2 N–H and O–H groups in total. The Balaban J connectivity index is 1.59. The summed E-state index contributed by atoms with van der Waals surface area (Å²) in [5.41, 5.74) is 3.54. The minimum Gasteiger partial charge on any atom is -0.465 e. The number of pyridine rings is 1. The van der Waals surface area contributed by atoms with Crippen LogP contribution >= 0.6 is 0 Å². The summed E-state index contributed by atoms with van der Waals surface area (Å²) in [6, 6.07) is 11.9. The van der Waals surface area contributed by atoms with Crippen LogP contribution in [0.25, 0.3) is 0 Å². The van der Waals surface area contributed by atoms with Crippen molar-refractivity contribution >= 4 is 29.3 Å². The van der Waals surface area contributed by atoms with E-state index in [4.69, 9.17) is 4.74 Å². The smallest absolute Gasteiger partial charge is 0.325 e. The molecule has 3 heterocycles. The van der Waals surface area contributed by atoms with Gasteiger partial charge in [0.25, 0.3) is 5.91 Å². The molecule has 3 aromatic rings. The van der Waals surface area contributed by atoms with Crippen LogP contribution in [0.3, 0.4) is 0 Å². The average molecular weight is 432 g/mol. The van der Waals surface area contributed by atoms with E-state index in [-0.39, 0.29) is 18.7 Å². The lowest BCUT2D eigenvalue weighted by Crippen LogP contribution is -2.31. The van der Waals surface area contributed by atoms with Crippen molar-refractivity contribution in [2.24, 2.45) is 0 Å². The molecule has 0 bridgehead atoms. The topological polar surface area (TPSA) is 109 Å². The molecule has 0 unspecified atom stereocenters. The number of esters is 1. The van der Waals surface area contributed by atoms with Crippen molar-refractivity contribution in [1.82, 2.24) is 20.3 Å². The van der Waals surface area contributed by atoms with Crippen LogP contribution in [-0.4, -0.2) is 46.5 Å². The minimum absolute atomic E-state index is 0.224. The number of carbonyl (C=O) groups is 2. The number of benzene rings is 1. The number of nitrogens with zero attached hydrogens (tertiary/aromatic N) is 4. The summed E-state index contributed by atoms with van der Waals surface area (Å²) in [5.74, 6) is -0.0614. The van der Waals surface area contributed by atoms with E-state index in [9.17, 15) is 9.59 Å². The standard InChI is InChI=1S/C23H24N6O3/c1-2-32-20(30)15-26-22(31)18-14-27-23(29-12-9-17-5-3-4-6-19(17)29)28-21(18)25-13-16-7-10-24-11-8-16/h3-8,10-11,14H,2,9,12-13,15H2,1H3,(H,26,31)(H,25,27,28). The third-order valence-corrected chi connectivity index (χ3v) is 5.06. The van der Waals surface area contributed by atoms with Gasteiger partial charge in [0.1, 0.15) is 17.9 Å². The van der Waals surface area contributed by atoms with Gasteiger partial charge in [0.15, 0.2) is 0 Å². The van der Waals surface area contributed by atoms with E-state index >= 15 is 0 Å². The molecule has 1 aromatic carbocycles. The Morgan fingerprint density at radius 3 is 2.78 bits per heavy atom. The Hall–Kier alpha value is -4.01. The first-order chi connectivity index (χ1) is 15.7. The fourth-order valence-electron chi connectivity index (χ4n) is 3.50. The van der Waals surface area contributed by atoms with Crippen LogP contribution in [-0.2, 0) is 22.5 Å². The number of rotatable bonds is 8. The molecule has 32 heavy (non-hydrogen) atoms. The molecule has 2 aromatic heterocycles. The summed E-state index contributed by atoms with van der Waals surface area (Å²) in [4.78, 5) is 39.5. The summed E-state index contributed by atoms with van der Waals surface area (Å²) >= 11 is 0. The van der Waals surface area contributed by atoms with E-state index in [1.807, 2.05) is 35.2 Å². The number of para-hydroxylation sites is 1. The average Bonchev–Trinajstić information content (AvgIpc) is 3.26. The lowest BCUT2D eigenvalue weighted by Gasteiger charge is -2.19. The van der Waals surface area contributed by atoms with Crippen molar-refractivity contribution < 1.29 is 14.3 Å². The minimum atomic E-state index is -0.502. The fraction of sp³-hybridized carbons (Fsp3) is 0.261. The lowest BCUT2D eigenvalue weighted by atomic mass is 10.2. The number of carbonyl (C=O) groups excluding carboxylic acids is 2. The molecule has 0 atom stereocenters. The number of nitrogens with one attached hydrogen (secondary N) is 2. The number of hydrogen-bond donors (Lipinski definition) is 2. The maximum absolute atomic E-state index is 12.8. The van der Waals surface area contributed by atoms with Gasteiger partial charge in [0, 0.05) is 37.4 Å². The van der Waals surface area contributed by atoms with Crippen LogP contribution in [0, 0.1) is 0 Å². The van der Waals surface area contributed by atoms with Crippen molar-refractivity contribution in [3.8, 4) is 0 Å². The van der Waals surface area contributed by atoms with E-state index < -0.39 is 11.9 Å². The maximum Gasteiger partial charge on any atom is 0.325 e. The fourth-order valence-corrected chi connectivity index (χ4v) is 3.50. The molecule has 0 fully saturated rings. The predicted molar refractivity (Wildman–Crippen MR) is 120 cm³/mol. The Bertz CT molecular complexity index is 1110. The number of hydrogen-bond acceptors (Lipinski definition) is 8. The summed E-state index contributed by atoms with van der Waals surface area (Å²) in [7, 11) is 0. The molecule has 0 aliphatic carbocycles. The Labute approximate surface area is 185 Å². The lowest BCUT2D eigenvalue weighted by molar-refractivity contribution is -0.141. The SMILES string of the molecule is CCOC(=O)CNC(=O)c1cnc(N2CCc3ccccc32)nc1NCc1ccncc1. The highest BCUT2D eigenvalue weighted by Gasteiger charge is 2.24. The van der Waals surface area contributed by atoms with Gasteiger partial charge in [-0.25, -0.2) is 4.98 Å². The monoisotopic (exact) mass is 432 g/mol. The van der Waals surface area contributed by atoms with Crippen molar-refractivity contribution in [3.05, 3.63) is 71.7 Å². The number of fused-ring (bicyclic) bond motifs is 1. The summed E-state index contributed by atoms with van der Waals surface area (Å²) in [6.07, 6.45) is 5.80. The molecular formula is C23H24N6O3. The number of amides is 1. The van der Waals surface area contributed by atoms with E-state index in [1.165, 1.54) is 11.8 Å². The molecule has 0 saturated heterocycles. The predicted octanol–water partition coefficient (Wildman–Crippen LogP) is 2.47. The summed E-state index contributed by atoms with van der Waals surface area (Å²) in [5, 5.41) is 5.80. The molecule has 1 aliphatic rings. The molecule has 0 radical (unpaired) electrons. The molecule has 1 amide bonds. The Kier molecular flexibility index (Phi) is 6.54. The number of ether oxygens (including phenoxy) is 1. The van der Waals surface area contributed by atoms with Crippen molar-refractivity contribution in [2.75, 3.05) is 29.9 Å². The molecule has 9 nitrogen and oxygen atoms in total. The summed E-state index contributed by atoms with van der Waals surface area (Å²) in [6.45, 7) is 2.95. The van der Waals surface area contributed by atoms with Gasteiger partial charge in [-0.3, -0.25) is 14.6 Å².